The number of aromatic nitrogens is 4. The van der Waals surface area contributed by atoms with E-state index in [2.05, 4.69) is 26.2 Å². The third-order valence-corrected chi connectivity index (χ3v) is 5.01. The van der Waals surface area contributed by atoms with Crippen LogP contribution in [-0.2, 0) is 4.79 Å². The second-order valence-corrected chi connectivity index (χ2v) is 7.45. The number of hydrogen-bond donors (Lipinski definition) is 2. The molecule has 3 rings (SSSR count). The maximum Gasteiger partial charge on any atom is 0.321 e. The van der Waals surface area contributed by atoms with Crippen molar-refractivity contribution in [2.24, 2.45) is 0 Å². The molecule has 1 heterocycles. The Balaban J connectivity index is 1.66. The molecule has 2 N–H and O–H groups in total. The molecule has 1 saturated carbocycles. The zero-order valence-electron chi connectivity index (χ0n) is 14.3. The zero-order chi connectivity index (χ0) is 18.0. The average Bonchev–Trinajstić information content (AvgIpc) is 3.25. The van der Waals surface area contributed by atoms with Gasteiger partial charge in [-0.25, -0.2) is 4.79 Å². The maximum absolute atomic E-state index is 12.2. The van der Waals surface area contributed by atoms with Gasteiger partial charge in [-0.05, 0) is 67.3 Å². The number of hydrogen-bond acceptors (Lipinski definition) is 6. The van der Waals surface area contributed by atoms with Gasteiger partial charge in [-0.1, -0.05) is 17.8 Å². The molecule has 9 heteroatoms. The second kappa shape index (κ2) is 7.22. The number of rotatable bonds is 5. The molecule has 1 aromatic heterocycles. The Kier molecular flexibility index (Phi) is 5.03. The van der Waals surface area contributed by atoms with Crippen LogP contribution < -0.4 is 10.6 Å². The fourth-order valence-electron chi connectivity index (χ4n) is 2.15. The van der Waals surface area contributed by atoms with Crippen molar-refractivity contribution in [1.29, 1.82) is 0 Å². The molecule has 0 spiro atoms. The fourth-order valence-corrected chi connectivity index (χ4v) is 2.95. The molecule has 0 aliphatic heterocycles. The van der Waals surface area contributed by atoms with Gasteiger partial charge in [0, 0.05) is 6.04 Å². The quantitative estimate of drug-likeness (QED) is 0.788. The summed E-state index contributed by atoms with van der Waals surface area (Å²) < 4.78 is 1.59. The minimum absolute atomic E-state index is 0.202. The highest BCUT2D eigenvalue weighted by Gasteiger charge is 2.26. The van der Waals surface area contributed by atoms with E-state index >= 15 is 0 Å². The van der Waals surface area contributed by atoms with Crippen molar-refractivity contribution < 1.29 is 9.59 Å². The fraction of sp³-hybridized carbons (Fsp3) is 0.438. The van der Waals surface area contributed by atoms with Gasteiger partial charge in [0.1, 0.15) is 0 Å². The highest BCUT2D eigenvalue weighted by atomic mass is 32.2. The van der Waals surface area contributed by atoms with Crippen molar-refractivity contribution in [3.8, 4) is 5.69 Å². The monoisotopic (exact) mass is 360 g/mol. The molecule has 0 saturated heterocycles. The van der Waals surface area contributed by atoms with Crippen LogP contribution in [0, 0.1) is 13.8 Å². The lowest BCUT2D eigenvalue weighted by molar-refractivity contribution is -0.119. The lowest BCUT2D eigenvalue weighted by Gasteiger charge is -2.12. The Hall–Kier alpha value is -2.42. The number of benzene rings is 1. The van der Waals surface area contributed by atoms with E-state index in [4.69, 9.17) is 0 Å². The Morgan fingerprint density at radius 3 is 2.72 bits per heavy atom. The number of imide groups is 1. The van der Waals surface area contributed by atoms with Crippen molar-refractivity contribution in [1.82, 2.24) is 30.8 Å². The molecule has 25 heavy (non-hydrogen) atoms. The van der Waals surface area contributed by atoms with Crippen LogP contribution in [0.4, 0.5) is 4.79 Å². The van der Waals surface area contributed by atoms with E-state index in [9.17, 15) is 9.59 Å². The number of carbonyl (C=O) groups is 2. The van der Waals surface area contributed by atoms with Crippen LogP contribution in [0.15, 0.2) is 23.4 Å². The molecule has 0 bridgehead atoms. The van der Waals surface area contributed by atoms with E-state index in [1.165, 1.54) is 17.3 Å². The van der Waals surface area contributed by atoms with Crippen LogP contribution in [-0.4, -0.2) is 43.4 Å². The number of tetrazole rings is 1. The third kappa shape index (κ3) is 4.36. The van der Waals surface area contributed by atoms with Crippen molar-refractivity contribution in [3.63, 3.8) is 0 Å². The van der Waals surface area contributed by atoms with Crippen molar-refractivity contribution >= 4 is 23.7 Å². The van der Waals surface area contributed by atoms with Crippen LogP contribution in [0.3, 0.4) is 0 Å². The summed E-state index contributed by atoms with van der Waals surface area (Å²) in [6.07, 6.45) is 1.94. The Morgan fingerprint density at radius 2 is 2.04 bits per heavy atom. The molecular formula is C16H20N6O2S. The van der Waals surface area contributed by atoms with Gasteiger partial charge in [-0.2, -0.15) is 4.68 Å². The minimum Gasteiger partial charge on any atom is -0.335 e. The van der Waals surface area contributed by atoms with Gasteiger partial charge >= 0.3 is 6.03 Å². The number of nitrogens with zero attached hydrogens (tertiary/aromatic N) is 4. The predicted octanol–water partition coefficient (Wildman–Crippen LogP) is 1.75. The predicted molar refractivity (Wildman–Crippen MR) is 93.6 cm³/mol. The summed E-state index contributed by atoms with van der Waals surface area (Å²) in [5.74, 6) is -0.377. The van der Waals surface area contributed by atoms with E-state index < -0.39 is 11.3 Å². The molecule has 1 aromatic carbocycles. The van der Waals surface area contributed by atoms with Crippen molar-refractivity contribution in [2.75, 3.05) is 0 Å². The van der Waals surface area contributed by atoms with Crippen LogP contribution in [0.5, 0.6) is 0 Å². The van der Waals surface area contributed by atoms with Crippen molar-refractivity contribution in [3.05, 3.63) is 29.3 Å². The first-order chi connectivity index (χ1) is 11.9. The van der Waals surface area contributed by atoms with E-state index in [0.717, 1.165) is 24.1 Å². The number of urea groups is 1. The van der Waals surface area contributed by atoms with E-state index in [-0.39, 0.29) is 11.9 Å². The Labute approximate surface area is 149 Å². The molecule has 132 valence electrons. The number of aryl methyl sites for hydroxylation is 2. The van der Waals surface area contributed by atoms with E-state index in [1.807, 2.05) is 32.0 Å². The number of nitrogens with one attached hydrogen (secondary N) is 2. The van der Waals surface area contributed by atoms with E-state index in [0.29, 0.717) is 5.16 Å². The highest BCUT2D eigenvalue weighted by Crippen LogP contribution is 2.24. The smallest absolute Gasteiger partial charge is 0.321 e. The Bertz CT molecular complexity index is 802. The second-order valence-electron chi connectivity index (χ2n) is 6.14. The Morgan fingerprint density at radius 1 is 1.28 bits per heavy atom. The molecule has 3 amide bonds. The standard InChI is InChI=1S/C16H20N6O2S/c1-9-4-7-13(8-10(9)2)22-16(19-20-21-22)25-11(3)14(23)18-15(24)17-12-5-6-12/h4,7-8,11-12H,5-6H2,1-3H3,(H2,17,18,23,24). The van der Waals surface area contributed by atoms with Crippen LogP contribution >= 0.6 is 11.8 Å². The summed E-state index contributed by atoms with van der Waals surface area (Å²) in [6, 6.07) is 5.67. The summed E-state index contributed by atoms with van der Waals surface area (Å²) in [5.41, 5.74) is 3.14. The molecule has 0 radical (unpaired) electrons. The molecule has 8 nitrogen and oxygen atoms in total. The third-order valence-electron chi connectivity index (χ3n) is 3.98. The van der Waals surface area contributed by atoms with Gasteiger partial charge in [0.25, 0.3) is 0 Å². The van der Waals surface area contributed by atoms with Gasteiger partial charge in [0.2, 0.25) is 11.1 Å². The summed E-state index contributed by atoms with van der Waals surface area (Å²) in [4.78, 5) is 23.8. The number of carbonyl (C=O) groups excluding carboxylic acids is 2. The van der Waals surface area contributed by atoms with Crippen LogP contribution in [0.2, 0.25) is 0 Å². The topological polar surface area (TPSA) is 102 Å². The molecule has 1 unspecified atom stereocenters. The lowest BCUT2D eigenvalue weighted by atomic mass is 10.1. The highest BCUT2D eigenvalue weighted by molar-refractivity contribution is 8.00. The minimum atomic E-state index is -0.513. The number of thioether (sulfide) groups is 1. The molecule has 1 aliphatic rings. The van der Waals surface area contributed by atoms with E-state index in [1.54, 1.807) is 11.6 Å². The molecule has 1 atom stereocenters. The van der Waals surface area contributed by atoms with Gasteiger partial charge in [0.15, 0.2) is 0 Å². The molecular weight excluding hydrogens is 340 g/mol. The average molecular weight is 360 g/mol. The summed E-state index contributed by atoms with van der Waals surface area (Å²) in [7, 11) is 0. The largest absolute Gasteiger partial charge is 0.335 e. The first kappa shape index (κ1) is 17.4. The first-order valence-corrected chi connectivity index (χ1v) is 8.96. The maximum atomic E-state index is 12.2. The summed E-state index contributed by atoms with van der Waals surface area (Å²) >= 11 is 1.20. The normalized spacial score (nSPS) is 14.8. The number of amides is 3. The van der Waals surface area contributed by atoms with Gasteiger partial charge < -0.3 is 5.32 Å². The molecule has 1 aliphatic carbocycles. The van der Waals surface area contributed by atoms with Crippen molar-refractivity contribution in [2.45, 2.75) is 50.1 Å². The zero-order valence-corrected chi connectivity index (χ0v) is 15.1. The van der Waals surface area contributed by atoms with Crippen LogP contribution in [0.1, 0.15) is 30.9 Å². The molecule has 2 aromatic rings. The lowest BCUT2D eigenvalue weighted by Crippen LogP contribution is -2.43. The van der Waals surface area contributed by atoms with Gasteiger partial charge in [-0.15, -0.1) is 5.10 Å². The SMILES string of the molecule is Cc1ccc(-n2nnnc2SC(C)C(=O)NC(=O)NC2CC2)cc1C. The summed E-state index contributed by atoms with van der Waals surface area (Å²) in [6.45, 7) is 5.77. The van der Waals surface area contributed by atoms with Gasteiger partial charge in [0.05, 0.1) is 10.9 Å². The summed E-state index contributed by atoms with van der Waals surface area (Å²) in [5, 5.41) is 16.7. The first-order valence-electron chi connectivity index (χ1n) is 8.08. The van der Waals surface area contributed by atoms with Gasteiger partial charge in [-0.3, -0.25) is 10.1 Å². The van der Waals surface area contributed by atoms with Crippen LogP contribution in [0.25, 0.3) is 5.69 Å². The molecule has 1 fully saturated rings.